The lowest BCUT2D eigenvalue weighted by atomic mass is 9.98. The summed E-state index contributed by atoms with van der Waals surface area (Å²) in [7, 11) is 1.18. The van der Waals surface area contributed by atoms with E-state index in [1.165, 1.54) is 19.2 Å². The van der Waals surface area contributed by atoms with Gasteiger partial charge in [-0.25, -0.2) is 4.79 Å². The molecule has 34 heavy (non-hydrogen) atoms. The highest BCUT2D eigenvalue weighted by atomic mass is 19.4. The molecule has 3 aromatic rings. The van der Waals surface area contributed by atoms with Gasteiger partial charge in [-0.05, 0) is 40.5 Å². The summed E-state index contributed by atoms with van der Waals surface area (Å²) in [5.41, 5.74) is 4.12. The van der Waals surface area contributed by atoms with Crippen LogP contribution in [0.2, 0.25) is 0 Å². The number of alkyl halides is 3. The molecule has 1 N–H and O–H groups in total. The Bertz CT molecular complexity index is 1210. The van der Waals surface area contributed by atoms with Crippen molar-refractivity contribution in [2.75, 3.05) is 20.3 Å². The number of halogens is 3. The molecule has 0 radical (unpaired) electrons. The van der Waals surface area contributed by atoms with Gasteiger partial charge in [-0.2, -0.15) is 13.2 Å². The fourth-order valence-electron chi connectivity index (χ4n) is 4.04. The van der Waals surface area contributed by atoms with Crippen molar-refractivity contribution >= 4 is 6.09 Å². The van der Waals surface area contributed by atoms with Gasteiger partial charge in [0.05, 0.1) is 12.7 Å². The topological polar surface area (TPSA) is 47.6 Å². The minimum Gasteiger partial charge on any atom is -0.496 e. The first-order valence-electron chi connectivity index (χ1n) is 10.7. The summed E-state index contributed by atoms with van der Waals surface area (Å²) in [5, 5.41) is 2.66. The molecule has 4 rings (SSSR count). The second-order valence-corrected chi connectivity index (χ2v) is 7.72. The molecule has 0 unspecified atom stereocenters. The van der Waals surface area contributed by atoms with Crippen LogP contribution in [0.1, 0.15) is 34.6 Å². The molecule has 0 atom stereocenters. The third-order valence-electron chi connectivity index (χ3n) is 5.60. The molecule has 174 valence electrons. The molecule has 0 fully saturated rings. The van der Waals surface area contributed by atoms with E-state index in [0.29, 0.717) is 12.0 Å². The predicted octanol–water partition coefficient (Wildman–Crippen LogP) is 5.99. The number of methoxy groups -OCH3 is 1. The van der Waals surface area contributed by atoms with Crippen molar-refractivity contribution in [1.29, 1.82) is 0 Å². The first-order valence-corrected chi connectivity index (χ1v) is 10.7. The maximum Gasteiger partial charge on any atom is 0.419 e. The maximum atomic E-state index is 12.9. The fourth-order valence-corrected chi connectivity index (χ4v) is 4.04. The summed E-state index contributed by atoms with van der Waals surface area (Å²) in [4.78, 5) is 12.2. The van der Waals surface area contributed by atoms with Gasteiger partial charge < -0.3 is 14.8 Å². The third kappa shape index (κ3) is 5.01. The SMILES string of the molecule is COc1cc(C#CCCNC(=O)OCC2c3ccccc3-c3ccccc32)ccc1C(F)(F)F. The molecule has 0 heterocycles. The smallest absolute Gasteiger partial charge is 0.419 e. The van der Waals surface area contributed by atoms with Crippen LogP contribution in [0.15, 0.2) is 66.7 Å². The van der Waals surface area contributed by atoms with Crippen LogP contribution in [0, 0.1) is 11.8 Å². The average molecular weight is 465 g/mol. The molecule has 0 saturated carbocycles. The molecule has 3 aromatic carbocycles. The highest BCUT2D eigenvalue weighted by Gasteiger charge is 2.34. The number of alkyl carbamates (subject to hydrolysis) is 1. The van der Waals surface area contributed by atoms with E-state index in [1.54, 1.807) is 0 Å². The van der Waals surface area contributed by atoms with Gasteiger partial charge in [0.15, 0.2) is 0 Å². The Morgan fingerprint density at radius 3 is 2.26 bits per heavy atom. The first-order chi connectivity index (χ1) is 16.4. The number of ether oxygens (including phenoxy) is 2. The average Bonchev–Trinajstić information content (AvgIpc) is 3.15. The van der Waals surface area contributed by atoms with Crippen LogP contribution in [0.25, 0.3) is 11.1 Å². The van der Waals surface area contributed by atoms with Crippen molar-refractivity contribution in [2.24, 2.45) is 0 Å². The van der Waals surface area contributed by atoms with Gasteiger partial charge in [0.2, 0.25) is 0 Å². The van der Waals surface area contributed by atoms with Gasteiger partial charge in [0, 0.05) is 24.4 Å². The molecule has 1 aliphatic rings. The molecule has 4 nitrogen and oxygen atoms in total. The number of hydrogen-bond donors (Lipinski definition) is 1. The van der Waals surface area contributed by atoms with Crippen LogP contribution in [-0.4, -0.2) is 26.4 Å². The molecule has 0 aliphatic heterocycles. The largest absolute Gasteiger partial charge is 0.496 e. The highest BCUT2D eigenvalue weighted by Crippen LogP contribution is 2.44. The van der Waals surface area contributed by atoms with E-state index in [-0.39, 0.29) is 24.8 Å². The van der Waals surface area contributed by atoms with Gasteiger partial charge in [-0.1, -0.05) is 60.4 Å². The molecule has 0 spiro atoms. The molecule has 0 saturated heterocycles. The molecule has 0 aromatic heterocycles. The maximum absolute atomic E-state index is 12.9. The highest BCUT2D eigenvalue weighted by molar-refractivity contribution is 5.79. The van der Waals surface area contributed by atoms with Gasteiger partial charge in [-0.15, -0.1) is 0 Å². The Balaban J connectivity index is 1.28. The zero-order valence-electron chi connectivity index (χ0n) is 18.4. The van der Waals surface area contributed by atoms with Crippen LogP contribution >= 0.6 is 0 Å². The Morgan fingerprint density at radius 2 is 1.65 bits per heavy atom. The van der Waals surface area contributed by atoms with Crippen LogP contribution in [0.5, 0.6) is 5.75 Å². The van der Waals surface area contributed by atoms with Crippen molar-refractivity contribution in [3.63, 3.8) is 0 Å². The summed E-state index contributed by atoms with van der Waals surface area (Å²) in [5.74, 6) is 5.31. The summed E-state index contributed by atoms with van der Waals surface area (Å²) < 4.78 is 49.1. The number of rotatable bonds is 5. The number of carbonyl (C=O) groups is 1. The monoisotopic (exact) mass is 465 g/mol. The van der Waals surface area contributed by atoms with Crippen molar-refractivity contribution < 1.29 is 27.4 Å². The third-order valence-corrected chi connectivity index (χ3v) is 5.60. The van der Waals surface area contributed by atoms with Gasteiger partial charge in [0.1, 0.15) is 12.4 Å². The lowest BCUT2D eigenvalue weighted by molar-refractivity contribution is -0.138. The van der Waals surface area contributed by atoms with Crippen LogP contribution in [0.4, 0.5) is 18.0 Å². The predicted molar refractivity (Wildman–Crippen MR) is 123 cm³/mol. The molecule has 7 heteroatoms. The molecular formula is C27H22F3NO3. The second kappa shape index (κ2) is 9.92. The van der Waals surface area contributed by atoms with E-state index in [4.69, 9.17) is 9.47 Å². The summed E-state index contributed by atoms with van der Waals surface area (Å²) >= 11 is 0. The van der Waals surface area contributed by atoms with Gasteiger partial charge in [0.25, 0.3) is 0 Å². The van der Waals surface area contributed by atoms with E-state index < -0.39 is 17.8 Å². The Morgan fingerprint density at radius 1 is 1.00 bits per heavy atom. The summed E-state index contributed by atoms with van der Waals surface area (Å²) in [6.45, 7) is 0.471. The number of amides is 1. The van der Waals surface area contributed by atoms with Crippen molar-refractivity contribution in [3.8, 4) is 28.7 Å². The molecule has 0 bridgehead atoms. The van der Waals surface area contributed by atoms with Crippen LogP contribution < -0.4 is 10.1 Å². The minimum atomic E-state index is -4.50. The fraction of sp³-hybridized carbons (Fsp3) is 0.222. The Hall–Kier alpha value is -3.92. The number of hydrogen-bond acceptors (Lipinski definition) is 3. The van der Waals surface area contributed by atoms with Crippen LogP contribution in [-0.2, 0) is 10.9 Å². The second-order valence-electron chi connectivity index (χ2n) is 7.72. The Labute approximate surface area is 195 Å². The van der Waals surface area contributed by atoms with Crippen LogP contribution in [0.3, 0.4) is 0 Å². The number of fused-ring (bicyclic) bond motifs is 3. The van der Waals surface area contributed by atoms with E-state index in [0.717, 1.165) is 28.3 Å². The van der Waals surface area contributed by atoms with E-state index in [2.05, 4.69) is 29.3 Å². The lowest BCUT2D eigenvalue weighted by Gasteiger charge is -2.14. The van der Waals surface area contributed by atoms with Gasteiger partial charge >= 0.3 is 12.3 Å². The van der Waals surface area contributed by atoms with Crippen molar-refractivity contribution in [2.45, 2.75) is 18.5 Å². The van der Waals surface area contributed by atoms with Gasteiger partial charge in [-0.3, -0.25) is 0 Å². The number of carbonyl (C=O) groups excluding carboxylic acids is 1. The van der Waals surface area contributed by atoms with E-state index in [9.17, 15) is 18.0 Å². The summed E-state index contributed by atoms with van der Waals surface area (Å²) in [6.07, 6.45) is -4.72. The zero-order valence-corrected chi connectivity index (χ0v) is 18.4. The molecule has 1 amide bonds. The van der Waals surface area contributed by atoms with Crippen molar-refractivity contribution in [3.05, 3.63) is 89.0 Å². The van der Waals surface area contributed by atoms with E-state index in [1.807, 2.05) is 36.4 Å². The first kappa shape index (κ1) is 23.2. The molecule has 1 aliphatic carbocycles. The number of nitrogens with one attached hydrogen (secondary N) is 1. The normalized spacial score (nSPS) is 12.2. The zero-order chi connectivity index (χ0) is 24.1. The standard InChI is InChI=1S/C27H22F3NO3/c1-33-25-16-18(13-14-24(25)27(28,29)30)8-6-7-15-31-26(32)34-17-23-21-11-4-2-9-19(21)20-10-3-5-12-22(20)23/h2-5,9-14,16,23H,7,15,17H2,1H3,(H,31,32). The van der Waals surface area contributed by atoms with Crippen molar-refractivity contribution in [1.82, 2.24) is 5.32 Å². The summed E-state index contributed by atoms with van der Waals surface area (Å²) in [6, 6.07) is 19.6. The lowest BCUT2D eigenvalue weighted by Crippen LogP contribution is -2.26. The van der Waals surface area contributed by atoms with E-state index >= 15 is 0 Å². The minimum absolute atomic E-state index is 0.0207. The Kier molecular flexibility index (Phi) is 6.78. The number of benzene rings is 3. The molecular weight excluding hydrogens is 443 g/mol. The quantitative estimate of drug-likeness (QED) is 0.372.